The molecule has 6 heteroatoms. The highest BCUT2D eigenvalue weighted by Gasteiger charge is 2.21. The fourth-order valence-electron chi connectivity index (χ4n) is 5.13. The highest BCUT2D eigenvalue weighted by atomic mass is 16.5. The van der Waals surface area contributed by atoms with Gasteiger partial charge in [0.1, 0.15) is 17.3 Å². The van der Waals surface area contributed by atoms with Crippen molar-refractivity contribution in [3.63, 3.8) is 0 Å². The second-order valence-electron chi connectivity index (χ2n) is 9.36. The van der Waals surface area contributed by atoms with Crippen LogP contribution in [0.25, 0.3) is 33.3 Å². The Hall–Kier alpha value is -5.10. The van der Waals surface area contributed by atoms with Gasteiger partial charge < -0.3 is 14.5 Å². The minimum Gasteiger partial charge on any atom is -0.457 e. The van der Waals surface area contributed by atoms with Gasteiger partial charge in [-0.15, -0.1) is 0 Å². The third-order valence-electron chi connectivity index (χ3n) is 6.89. The maximum absolute atomic E-state index is 6.40. The van der Waals surface area contributed by atoms with Crippen LogP contribution in [0.1, 0.15) is 5.69 Å². The molecular weight excluding hydrogens is 470 g/mol. The summed E-state index contributed by atoms with van der Waals surface area (Å²) in [5.41, 5.74) is 5.28. The molecule has 0 N–H and O–H groups in total. The maximum Gasteiger partial charge on any atom is 0.137 e. The van der Waals surface area contributed by atoms with E-state index in [0.717, 1.165) is 52.1 Å². The lowest BCUT2D eigenvalue weighted by atomic mass is 10.1. The molecule has 1 aliphatic rings. The Morgan fingerprint density at radius 3 is 2.32 bits per heavy atom. The number of pyridine rings is 2. The molecule has 184 valence electrons. The van der Waals surface area contributed by atoms with Crippen LogP contribution in [0, 0.1) is 0 Å². The van der Waals surface area contributed by atoms with Gasteiger partial charge in [-0.2, -0.15) is 0 Å². The zero-order valence-corrected chi connectivity index (χ0v) is 20.9. The second-order valence-corrected chi connectivity index (χ2v) is 9.36. The summed E-state index contributed by atoms with van der Waals surface area (Å²) in [5, 5.41) is 2.36. The predicted octanol–water partition coefficient (Wildman–Crippen LogP) is 7.07. The summed E-state index contributed by atoms with van der Waals surface area (Å²) < 4.78 is 8.60. The van der Waals surface area contributed by atoms with Gasteiger partial charge in [-0.25, -0.2) is 4.98 Å². The molecule has 0 radical (unpaired) electrons. The van der Waals surface area contributed by atoms with Crippen LogP contribution in [0.2, 0.25) is 0 Å². The van der Waals surface area contributed by atoms with Crippen molar-refractivity contribution >= 4 is 33.2 Å². The average molecular weight is 496 g/mol. The van der Waals surface area contributed by atoms with Crippen molar-refractivity contribution in [3.8, 4) is 17.3 Å². The molecule has 0 bridgehead atoms. The number of aromatic nitrogens is 3. The van der Waals surface area contributed by atoms with Crippen LogP contribution in [0.5, 0.6) is 11.5 Å². The van der Waals surface area contributed by atoms with Gasteiger partial charge >= 0.3 is 0 Å². The lowest BCUT2D eigenvalue weighted by Crippen LogP contribution is -2.23. The average Bonchev–Trinajstić information content (AvgIpc) is 3.52. The number of para-hydroxylation sites is 1. The molecule has 3 aromatic heterocycles. The highest BCUT2D eigenvalue weighted by Crippen LogP contribution is 2.36. The SMILES string of the molecule is CN1CN(c2cccc(Oc3ccc4c5ccccc5n(-c5ccccn5)c4c3)c2)C=C1c1ccccn1. The molecule has 6 nitrogen and oxygen atoms in total. The van der Waals surface area contributed by atoms with Crippen LogP contribution < -0.4 is 9.64 Å². The van der Waals surface area contributed by atoms with E-state index in [-0.39, 0.29) is 0 Å². The van der Waals surface area contributed by atoms with Crippen molar-refractivity contribution in [2.75, 3.05) is 18.6 Å². The Morgan fingerprint density at radius 2 is 1.47 bits per heavy atom. The van der Waals surface area contributed by atoms with Crippen LogP contribution in [-0.4, -0.2) is 33.2 Å². The van der Waals surface area contributed by atoms with Gasteiger partial charge in [0.15, 0.2) is 0 Å². The van der Waals surface area contributed by atoms with Crippen LogP contribution in [0.4, 0.5) is 5.69 Å². The molecule has 7 rings (SSSR count). The van der Waals surface area contributed by atoms with Gasteiger partial charge in [-0.1, -0.05) is 36.4 Å². The summed E-state index contributed by atoms with van der Waals surface area (Å²) >= 11 is 0. The first kappa shape index (κ1) is 22.1. The Balaban J connectivity index is 1.24. The van der Waals surface area contributed by atoms with Gasteiger partial charge in [0.05, 0.1) is 29.1 Å². The molecule has 0 atom stereocenters. The number of rotatable bonds is 5. The fourth-order valence-corrected chi connectivity index (χ4v) is 5.13. The molecule has 4 heterocycles. The van der Waals surface area contributed by atoms with E-state index in [4.69, 9.17) is 4.74 Å². The summed E-state index contributed by atoms with van der Waals surface area (Å²) in [6.45, 7) is 0.742. The fraction of sp³-hybridized carbons (Fsp3) is 0.0625. The van der Waals surface area contributed by atoms with Crippen LogP contribution in [0.3, 0.4) is 0 Å². The second kappa shape index (κ2) is 9.09. The lowest BCUT2D eigenvalue weighted by molar-refractivity contribution is 0.482. The third-order valence-corrected chi connectivity index (χ3v) is 6.89. The van der Waals surface area contributed by atoms with Crippen molar-refractivity contribution in [1.29, 1.82) is 0 Å². The summed E-state index contributed by atoms with van der Waals surface area (Å²) in [6, 6.07) is 34.8. The molecule has 0 spiro atoms. The number of anilines is 1. The Kier molecular flexibility index (Phi) is 5.29. The zero-order chi connectivity index (χ0) is 25.5. The van der Waals surface area contributed by atoms with E-state index >= 15 is 0 Å². The van der Waals surface area contributed by atoms with Crippen molar-refractivity contribution in [1.82, 2.24) is 19.4 Å². The van der Waals surface area contributed by atoms with Crippen molar-refractivity contribution < 1.29 is 4.74 Å². The molecule has 0 aliphatic carbocycles. The summed E-state index contributed by atoms with van der Waals surface area (Å²) in [5.74, 6) is 2.44. The normalized spacial score (nSPS) is 13.3. The van der Waals surface area contributed by atoms with Gasteiger partial charge in [0, 0.05) is 54.2 Å². The van der Waals surface area contributed by atoms with Gasteiger partial charge in [0.25, 0.3) is 0 Å². The first-order chi connectivity index (χ1) is 18.7. The minimum atomic E-state index is 0.742. The molecule has 0 saturated carbocycles. The minimum absolute atomic E-state index is 0.742. The number of benzene rings is 3. The number of hydrogen-bond acceptors (Lipinski definition) is 5. The van der Waals surface area contributed by atoms with E-state index in [9.17, 15) is 0 Å². The quantitative estimate of drug-likeness (QED) is 0.256. The molecule has 6 aromatic rings. The smallest absolute Gasteiger partial charge is 0.137 e. The zero-order valence-electron chi connectivity index (χ0n) is 20.9. The summed E-state index contributed by atoms with van der Waals surface area (Å²) in [4.78, 5) is 13.5. The van der Waals surface area contributed by atoms with E-state index in [1.807, 2.05) is 67.0 Å². The van der Waals surface area contributed by atoms with Crippen LogP contribution in [0.15, 0.2) is 122 Å². The van der Waals surface area contributed by atoms with E-state index in [1.165, 1.54) is 10.8 Å². The predicted molar refractivity (Wildman–Crippen MR) is 152 cm³/mol. The first-order valence-electron chi connectivity index (χ1n) is 12.6. The summed E-state index contributed by atoms with van der Waals surface area (Å²) in [6.07, 6.45) is 5.79. The van der Waals surface area contributed by atoms with E-state index < -0.39 is 0 Å². The topological polar surface area (TPSA) is 46.4 Å². The molecule has 0 unspecified atom stereocenters. The lowest BCUT2D eigenvalue weighted by Gasteiger charge is -2.20. The number of nitrogens with zero attached hydrogens (tertiary/aromatic N) is 5. The van der Waals surface area contributed by atoms with Crippen molar-refractivity contribution in [2.24, 2.45) is 0 Å². The maximum atomic E-state index is 6.40. The molecule has 3 aromatic carbocycles. The molecular formula is C32H25N5O. The molecule has 0 saturated heterocycles. The van der Waals surface area contributed by atoms with E-state index in [0.29, 0.717) is 0 Å². The van der Waals surface area contributed by atoms with E-state index in [1.54, 1.807) is 0 Å². The standard InChI is InChI=1S/C32H25N5O/c1-35-22-36(21-31(35)28-12-4-6-17-33-28)23-9-8-10-24(19-23)38-25-15-16-27-26-11-2-3-13-29(26)37(30(27)20-25)32-14-5-7-18-34-32/h2-21H,22H2,1H3. The Labute approximate surface area is 220 Å². The van der Waals surface area contributed by atoms with E-state index in [2.05, 4.69) is 86.1 Å². The molecule has 0 fully saturated rings. The van der Waals surface area contributed by atoms with Gasteiger partial charge in [-0.3, -0.25) is 9.55 Å². The Bertz CT molecular complexity index is 1790. The van der Waals surface area contributed by atoms with Gasteiger partial charge in [0.2, 0.25) is 0 Å². The molecule has 0 amide bonds. The first-order valence-corrected chi connectivity index (χ1v) is 12.6. The van der Waals surface area contributed by atoms with Crippen LogP contribution in [-0.2, 0) is 0 Å². The highest BCUT2D eigenvalue weighted by molar-refractivity contribution is 6.09. The summed E-state index contributed by atoms with van der Waals surface area (Å²) in [7, 11) is 2.08. The Morgan fingerprint density at radius 1 is 0.684 bits per heavy atom. The van der Waals surface area contributed by atoms with Crippen molar-refractivity contribution in [2.45, 2.75) is 0 Å². The molecule has 1 aliphatic heterocycles. The largest absolute Gasteiger partial charge is 0.457 e. The van der Waals surface area contributed by atoms with Crippen LogP contribution >= 0.6 is 0 Å². The third kappa shape index (κ3) is 3.83. The number of ether oxygens (including phenoxy) is 1. The van der Waals surface area contributed by atoms with Gasteiger partial charge in [-0.05, 0) is 54.6 Å². The molecule has 38 heavy (non-hydrogen) atoms. The number of hydrogen-bond donors (Lipinski definition) is 0. The van der Waals surface area contributed by atoms with Crippen molar-refractivity contribution in [3.05, 3.63) is 127 Å². The monoisotopic (exact) mass is 495 g/mol. The number of fused-ring (bicyclic) bond motifs is 3.